The van der Waals surface area contributed by atoms with Crippen molar-refractivity contribution in [1.82, 2.24) is 0 Å². The van der Waals surface area contributed by atoms with E-state index in [4.69, 9.17) is 16.3 Å². The van der Waals surface area contributed by atoms with E-state index in [0.29, 0.717) is 5.41 Å². The van der Waals surface area contributed by atoms with Crippen molar-refractivity contribution in [3.8, 4) is 5.75 Å². The molecular weight excluding hydrogens is 343 g/mol. The highest BCUT2D eigenvalue weighted by Crippen LogP contribution is 2.47. The zero-order valence-corrected chi connectivity index (χ0v) is 12.0. The summed E-state index contributed by atoms with van der Waals surface area (Å²) in [6, 6.07) is 5.59. The first-order chi connectivity index (χ1) is 7.15. The van der Waals surface area contributed by atoms with Crippen LogP contribution in [0.25, 0.3) is 0 Å². The monoisotopic (exact) mass is 352 g/mol. The molecule has 0 bridgehead atoms. The molecule has 2 rings (SSSR count). The Morgan fingerprint density at radius 3 is 2.67 bits per heavy atom. The largest absolute Gasteiger partial charge is 0.492 e. The van der Waals surface area contributed by atoms with Gasteiger partial charge in [0, 0.05) is 15.8 Å². The quantitative estimate of drug-likeness (QED) is 0.715. The molecule has 15 heavy (non-hydrogen) atoms. The van der Waals surface area contributed by atoms with E-state index in [2.05, 4.69) is 31.9 Å². The summed E-state index contributed by atoms with van der Waals surface area (Å²) in [5, 5.41) is 1.74. The van der Waals surface area contributed by atoms with Crippen molar-refractivity contribution in [3.05, 3.63) is 27.7 Å². The average molecular weight is 354 g/mol. The van der Waals surface area contributed by atoms with Crippen LogP contribution in [0.15, 0.2) is 22.7 Å². The van der Waals surface area contributed by atoms with Gasteiger partial charge in [0.15, 0.2) is 0 Å². The van der Waals surface area contributed by atoms with Gasteiger partial charge in [-0.2, -0.15) is 0 Å². The van der Waals surface area contributed by atoms with Crippen molar-refractivity contribution >= 4 is 43.5 Å². The third kappa shape index (κ3) is 2.89. The zero-order chi connectivity index (χ0) is 10.9. The lowest BCUT2D eigenvalue weighted by atomic mass is 10.2. The minimum atomic E-state index is 0.374. The summed E-state index contributed by atoms with van der Waals surface area (Å²) in [6.45, 7) is 0.776. The van der Waals surface area contributed by atoms with E-state index in [0.717, 1.165) is 27.2 Å². The van der Waals surface area contributed by atoms with E-state index in [1.165, 1.54) is 12.8 Å². The van der Waals surface area contributed by atoms with E-state index in [1.54, 1.807) is 0 Å². The lowest BCUT2D eigenvalue weighted by Crippen LogP contribution is -2.14. The maximum atomic E-state index is 5.85. The highest BCUT2D eigenvalue weighted by molar-refractivity contribution is 9.10. The first kappa shape index (κ1) is 11.7. The van der Waals surface area contributed by atoms with Gasteiger partial charge in [0.25, 0.3) is 0 Å². The van der Waals surface area contributed by atoms with Crippen LogP contribution < -0.4 is 4.74 Å². The molecule has 1 aromatic carbocycles. The Hall–Kier alpha value is 0.270. The number of benzene rings is 1. The van der Waals surface area contributed by atoms with Gasteiger partial charge < -0.3 is 4.74 Å². The number of hydrogen-bond acceptors (Lipinski definition) is 1. The van der Waals surface area contributed by atoms with Gasteiger partial charge in [-0.05, 0) is 47.0 Å². The average Bonchev–Trinajstić information content (AvgIpc) is 2.97. The van der Waals surface area contributed by atoms with Crippen LogP contribution in [-0.4, -0.2) is 11.9 Å². The number of rotatable bonds is 4. The van der Waals surface area contributed by atoms with Crippen LogP contribution in [0.1, 0.15) is 12.8 Å². The Bertz CT molecular complexity index is 364. The summed E-state index contributed by atoms with van der Waals surface area (Å²) >= 11 is 12.8. The smallest absolute Gasteiger partial charge is 0.133 e. The fraction of sp³-hybridized carbons (Fsp3) is 0.455. The van der Waals surface area contributed by atoms with Crippen molar-refractivity contribution in [2.24, 2.45) is 5.41 Å². The van der Waals surface area contributed by atoms with Gasteiger partial charge in [-0.25, -0.2) is 0 Å². The second-order valence-electron chi connectivity index (χ2n) is 4.00. The van der Waals surface area contributed by atoms with Gasteiger partial charge in [-0.15, -0.1) is 0 Å². The molecule has 0 spiro atoms. The fourth-order valence-electron chi connectivity index (χ4n) is 1.32. The number of ether oxygens (including phenoxy) is 1. The van der Waals surface area contributed by atoms with Gasteiger partial charge in [-0.3, -0.25) is 0 Å². The van der Waals surface area contributed by atoms with Gasteiger partial charge >= 0.3 is 0 Å². The van der Waals surface area contributed by atoms with Crippen LogP contribution in [0.2, 0.25) is 5.02 Å². The van der Waals surface area contributed by atoms with E-state index in [-0.39, 0.29) is 0 Å². The second-order valence-corrected chi connectivity index (χ2v) is 5.85. The molecule has 0 atom stereocenters. The van der Waals surface area contributed by atoms with Crippen molar-refractivity contribution in [2.75, 3.05) is 11.9 Å². The molecule has 0 unspecified atom stereocenters. The maximum absolute atomic E-state index is 5.85. The van der Waals surface area contributed by atoms with Crippen molar-refractivity contribution in [3.63, 3.8) is 0 Å². The third-order valence-electron chi connectivity index (χ3n) is 2.67. The highest BCUT2D eigenvalue weighted by Gasteiger charge is 2.42. The van der Waals surface area contributed by atoms with E-state index in [9.17, 15) is 0 Å². The summed E-state index contributed by atoms with van der Waals surface area (Å²) in [6.07, 6.45) is 2.51. The minimum Gasteiger partial charge on any atom is -0.492 e. The van der Waals surface area contributed by atoms with Gasteiger partial charge in [0.1, 0.15) is 5.75 Å². The lowest BCUT2D eigenvalue weighted by Gasteiger charge is -2.14. The van der Waals surface area contributed by atoms with Crippen molar-refractivity contribution < 1.29 is 4.74 Å². The molecule has 4 heteroatoms. The number of hydrogen-bond donors (Lipinski definition) is 0. The Morgan fingerprint density at radius 1 is 1.40 bits per heavy atom. The first-order valence-electron chi connectivity index (χ1n) is 4.79. The molecular formula is C11H11Br2ClO. The molecule has 1 nitrogen and oxygen atoms in total. The second kappa shape index (κ2) is 4.64. The molecule has 1 aliphatic carbocycles. The van der Waals surface area contributed by atoms with E-state index < -0.39 is 0 Å². The molecule has 0 aromatic heterocycles. The van der Waals surface area contributed by atoms with Gasteiger partial charge in [0.2, 0.25) is 0 Å². The summed E-state index contributed by atoms with van der Waals surface area (Å²) in [5.41, 5.74) is 0.374. The Balaban J connectivity index is 1.99. The Kier molecular flexibility index (Phi) is 3.63. The van der Waals surface area contributed by atoms with E-state index in [1.807, 2.05) is 18.2 Å². The molecule has 1 aromatic rings. The number of halogens is 3. The lowest BCUT2D eigenvalue weighted by molar-refractivity contribution is 0.250. The Morgan fingerprint density at radius 2 is 2.13 bits per heavy atom. The molecule has 0 heterocycles. The van der Waals surface area contributed by atoms with Crippen molar-refractivity contribution in [2.45, 2.75) is 12.8 Å². The van der Waals surface area contributed by atoms with Crippen LogP contribution in [0.5, 0.6) is 5.75 Å². The molecule has 1 saturated carbocycles. The summed E-state index contributed by atoms with van der Waals surface area (Å²) in [4.78, 5) is 0. The maximum Gasteiger partial charge on any atom is 0.133 e. The Labute approximate surface area is 111 Å². The van der Waals surface area contributed by atoms with E-state index >= 15 is 0 Å². The molecule has 1 fully saturated rings. The molecule has 1 aliphatic rings. The predicted octanol–water partition coefficient (Wildman–Crippen LogP) is 4.66. The van der Waals surface area contributed by atoms with Gasteiger partial charge in [0.05, 0.1) is 11.1 Å². The van der Waals surface area contributed by atoms with Crippen LogP contribution in [0.3, 0.4) is 0 Å². The molecule has 82 valence electrons. The third-order valence-corrected chi connectivity index (χ3v) is 4.71. The topological polar surface area (TPSA) is 9.23 Å². The minimum absolute atomic E-state index is 0.374. The fourth-order valence-corrected chi connectivity index (χ4v) is 2.84. The van der Waals surface area contributed by atoms with Gasteiger partial charge in [-0.1, -0.05) is 27.5 Å². The van der Waals surface area contributed by atoms with Crippen LogP contribution in [-0.2, 0) is 0 Å². The standard InChI is InChI=1S/C11H11Br2ClO/c12-6-11(3-4-11)7-15-10-2-1-8(14)5-9(10)13/h1-2,5H,3-4,6-7H2. The van der Waals surface area contributed by atoms with Crippen LogP contribution in [0, 0.1) is 5.41 Å². The SMILES string of the molecule is Clc1ccc(OCC2(CBr)CC2)c(Br)c1. The van der Waals surface area contributed by atoms with Crippen LogP contribution in [0.4, 0.5) is 0 Å². The van der Waals surface area contributed by atoms with Crippen molar-refractivity contribution in [1.29, 1.82) is 0 Å². The highest BCUT2D eigenvalue weighted by atomic mass is 79.9. The summed E-state index contributed by atoms with van der Waals surface area (Å²) < 4.78 is 6.69. The normalized spacial score (nSPS) is 17.5. The predicted molar refractivity (Wildman–Crippen MR) is 70.1 cm³/mol. The molecule has 0 saturated heterocycles. The first-order valence-corrected chi connectivity index (χ1v) is 7.08. The molecule has 0 radical (unpaired) electrons. The molecule has 0 amide bonds. The summed E-state index contributed by atoms with van der Waals surface area (Å²) in [7, 11) is 0. The zero-order valence-electron chi connectivity index (χ0n) is 8.10. The number of alkyl halides is 1. The molecule has 0 N–H and O–H groups in total. The van der Waals surface area contributed by atoms with Crippen LogP contribution >= 0.6 is 43.5 Å². The molecule has 0 aliphatic heterocycles. The summed E-state index contributed by atoms with van der Waals surface area (Å²) in [5.74, 6) is 0.867.